The lowest BCUT2D eigenvalue weighted by molar-refractivity contribution is -0.142. The maximum Gasteiger partial charge on any atom is 0.435 e. The number of aromatic nitrogens is 4. The van der Waals surface area contributed by atoms with Crippen molar-refractivity contribution in [2.24, 2.45) is 5.92 Å². The SMILES string of the molecule is CC(C)n1nc(C(F)(F)F)c2c1C(F)(F)C1CC21.CC(C)n1nc(N(F)F)c2c1C(F)(F)CCC2(F)F. The minimum absolute atomic E-state index is 0.132. The molecule has 2 aromatic heterocycles. The normalized spacial score (nSPS) is 24.4. The number of rotatable bonds is 3. The number of hydrogen-bond acceptors (Lipinski definition) is 3. The number of anilines is 1. The molecule has 208 valence electrons. The molecule has 0 aliphatic heterocycles. The van der Waals surface area contributed by atoms with Crippen molar-refractivity contribution >= 4 is 5.82 Å². The molecule has 0 spiro atoms. The second-order valence-electron chi connectivity index (χ2n) is 9.95. The molecular weight excluding hydrogens is 531 g/mol. The van der Waals surface area contributed by atoms with E-state index in [1.54, 1.807) is 13.8 Å². The molecule has 37 heavy (non-hydrogen) atoms. The summed E-state index contributed by atoms with van der Waals surface area (Å²) in [5, 5.41) is 4.96. The van der Waals surface area contributed by atoms with E-state index >= 15 is 0 Å². The van der Waals surface area contributed by atoms with E-state index in [0.717, 1.165) is 4.68 Å². The molecule has 1 fully saturated rings. The maximum atomic E-state index is 14.0. The third-order valence-corrected chi connectivity index (χ3v) is 6.65. The molecule has 0 N–H and O–H groups in total. The van der Waals surface area contributed by atoms with Crippen LogP contribution in [0.5, 0.6) is 0 Å². The summed E-state index contributed by atoms with van der Waals surface area (Å²) < 4.78 is 148. The molecule has 1 saturated carbocycles. The molecule has 5 nitrogen and oxygen atoms in total. The van der Waals surface area contributed by atoms with E-state index in [1.807, 2.05) is 0 Å². The van der Waals surface area contributed by atoms with Crippen LogP contribution in [0.2, 0.25) is 0 Å². The van der Waals surface area contributed by atoms with Crippen LogP contribution in [0.25, 0.3) is 0 Å². The van der Waals surface area contributed by atoms with E-state index in [1.165, 1.54) is 13.8 Å². The van der Waals surface area contributed by atoms with Crippen molar-refractivity contribution in [2.45, 2.75) is 88.9 Å². The Morgan fingerprint density at radius 3 is 1.84 bits per heavy atom. The Bertz CT molecular complexity index is 1150. The van der Waals surface area contributed by atoms with Crippen LogP contribution in [0.4, 0.5) is 54.3 Å². The van der Waals surface area contributed by atoms with Crippen LogP contribution in [0.15, 0.2) is 0 Å². The topological polar surface area (TPSA) is 38.9 Å². The second-order valence-corrected chi connectivity index (χ2v) is 9.95. The average Bonchev–Trinajstić information content (AvgIpc) is 3.15. The molecule has 0 amide bonds. The molecule has 0 saturated heterocycles. The fourth-order valence-corrected chi connectivity index (χ4v) is 4.96. The maximum absolute atomic E-state index is 14.0. The van der Waals surface area contributed by atoms with E-state index in [2.05, 4.69) is 10.2 Å². The predicted octanol–water partition coefficient (Wildman–Crippen LogP) is 7.71. The molecule has 2 unspecified atom stereocenters. The van der Waals surface area contributed by atoms with Gasteiger partial charge in [-0.05, 0) is 45.4 Å². The Morgan fingerprint density at radius 1 is 0.838 bits per heavy atom. The van der Waals surface area contributed by atoms with E-state index in [4.69, 9.17) is 0 Å². The summed E-state index contributed by atoms with van der Waals surface area (Å²) >= 11 is 0. The van der Waals surface area contributed by atoms with Crippen molar-refractivity contribution in [3.05, 3.63) is 28.2 Å². The van der Waals surface area contributed by atoms with E-state index in [0.29, 0.717) is 4.68 Å². The molecule has 5 rings (SSSR count). The van der Waals surface area contributed by atoms with Gasteiger partial charge in [0.1, 0.15) is 11.4 Å². The van der Waals surface area contributed by atoms with Crippen LogP contribution in [-0.4, -0.2) is 19.6 Å². The van der Waals surface area contributed by atoms with E-state index < -0.39 is 94.5 Å². The van der Waals surface area contributed by atoms with Gasteiger partial charge in [0, 0.05) is 36.4 Å². The third kappa shape index (κ3) is 4.23. The zero-order valence-electron chi connectivity index (χ0n) is 19.8. The molecule has 2 aromatic rings. The van der Waals surface area contributed by atoms with Crippen molar-refractivity contribution < 1.29 is 48.5 Å². The van der Waals surface area contributed by atoms with Gasteiger partial charge in [-0.25, -0.2) is 8.78 Å². The second kappa shape index (κ2) is 8.22. The lowest BCUT2D eigenvalue weighted by Crippen LogP contribution is -2.32. The molecule has 2 heterocycles. The van der Waals surface area contributed by atoms with Crippen molar-refractivity contribution in [1.29, 1.82) is 0 Å². The number of halogens is 11. The van der Waals surface area contributed by atoms with Crippen molar-refractivity contribution in [3.63, 3.8) is 0 Å². The lowest BCUT2D eigenvalue weighted by Gasteiger charge is -2.30. The van der Waals surface area contributed by atoms with E-state index in [9.17, 15) is 48.5 Å². The summed E-state index contributed by atoms with van der Waals surface area (Å²) in [5.41, 5.74) is -4.41. The third-order valence-electron chi connectivity index (χ3n) is 6.65. The molecule has 3 aliphatic carbocycles. The first kappa shape index (κ1) is 27.5. The van der Waals surface area contributed by atoms with Gasteiger partial charge in [0.05, 0.1) is 5.56 Å². The summed E-state index contributed by atoms with van der Waals surface area (Å²) in [5.74, 6) is -13.6. The van der Waals surface area contributed by atoms with Crippen LogP contribution in [0.3, 0.4) is 0 Å². The molecule has 16 heteroatoms. The highest BCUT2D eigenvalue weighted by Crippen LogP contribution is 2.68. The lowest BCUT2D eigenvalue weighted by atomic mass is 9.90. The van der Waals surface area contributed by atoms with Crippen LogP contribution in [0.1, 0.15) is 93.2 Å². The fraction of sp³-hybridized carbons (Fsp3) is 0.714. The van der Waals surface area contributed by atoms with Crippen molar-refractivity contribution in [2.75, 3.05) is 5.34 Å². The quantitative estimate of drug-likeness (QED) is 0.289. The molecule has 3 aliphatic rings. The number of nitrogens with zero attached hydrogens (tertiary/aromatic N) is 5. The highest BCUT2D eigenvalue weighted by Gasteiger charge is 2.68. The van der Waals surface area contributed by atoms with Gasteiger partial charge in [-0.15, -0.1) is 5.10 Å². The minimum Gasteiger partial charge on any atom is -0.260 e. The first-order valence-corrected chi connectivity index (χ1v) is 11.3. The smallest absolute Gasteiger partial charge is 0.260 e. The zero-order valence-corrected chi connectivity index (χ0v) is 19.8. The summed E-state index contributed by atoms with van der Waals surface area (Å²) in [6.45, 7) is 5.91. The summed E-state index contributed by atoms with van der Waals surface area (Å²) in [6, 6.07) is -1.25. The van der Waals surface area contributed by atoms with Crippen LogP contribution in [-0.2, 0) is 23.9 Å². The Labute approximate surface area is 203 Å². The zero-order chi connectivity index (χ0) is 28.0. The molecule has 0 radical (unpaired) electrons. The minimum atomic E-state index is -4.67. The summed E-state index contributed by atoms with van der Waals surface area (Å²) in [6.07, 6.45) is -6.81. The Kier molecular flexibility index (Phi) is 6.11. The van der Waals surface area contributed by atoms with Gasteiger partial charge in [-0.3, -0.25) is 9.36 Å². The number of fused-ring (bicyclic) bond motifs is 4. The van der Waals surface area contributed by atoms with Gasteiger partial charge < -0.3 is 0 Å². The molecule has 2 atom stereocenters. The summed E-state index contributed by atoms with van der Waals surface area (Å²) in [7, 11) is 0. The van der Waals surface area contributed by atoms with Gasteiger partial charge in [-0.1, -0.05) is 8.96 Å². The van der Waals surface area contributed by atoms with Gasteiger partial charge in [0.2, 0.25) is 5.82 Å². The van der Waals surface area contributed by atoms with E-state index in [-0.39, 0.29) is 12.0 Å². The largest absolute Gasteiger partial charge is 0.435 e. The predicted molar refractivity (Wildman–Crippen MR) is 107 cm³/mol. The van der Waals surface area contributed by atoms with Gasteiger partial charge >= 0.3 is 6.18 Å². The number of hydrogen-bond donors (Lipinski definition) is 0. The Morgan fingerprint density at radius 2 is 1.35 bits per heavy atom. The Hall–Kier alpha value is -2.55. The fourth-order valence-electron chi connectivity index (χ4n) is 4.96. The highest BCUT2D eigenvalue weighted by atomic mass is 19.4. The first-order valence-electron chi connectivity index (χ1n) is 11.3. The molecular formula is C21H22F11N5. The Balaban J connectivity index is 0.000000173. The van der Waals surface area contributed by atoms with Crippen LogP contribution >= 0.6 is 0 Å². The van der Waals surface area contributed by atoms with Gasteiger partial charge in [0.15, 0.2) is 5.69 Å². The van der Waals surface area contributed by atoms with Gasteiger partial charge in [-0.2, -0.15) is 35.8 Å². The molecule has 0 bridgehead atoms. The monoisotopic (exact) mass is 553 g/mol. The van der Waals surface area contributed by atoms with Crippen LogP contribution < -0.4 is 5.34 Å². The average molecular weight is 553 g/mol. The first-order chi connectivity index (χ1) is 16.7. The molecule has 0 aromatic carbocycles. The highest BCUT2D eigenvalue weighted by molar-refractivity contribution is 5.51. The van der Waals surface area contributed by atoms with Crippen molar-refractivity contribution in [1.82, 2.24) is 19.6 Å². The van der Waals surface area contributed by atoms with Crippen LogP contribution in [0, 0.1) is 5.92 Å². The van der Waals surface area contributed by atoms with Gasteiger partial charge in [0.25, 0.3) is 17.8 Å². The summed E-state index contributed by atoms with van der Waals surface area (Å²) in [4.78, 5) is 0. The standard InChI is InChI=1S/C11H11F5N2.C10H11F6N3/c1-4(2)18-9-7(8(17-18)11(14,15)16)5-3-6(5)10(9,12)13;1-5(2)18-7-6(8(17-18)19(15)16)9(11,12)3-4-10(7,13)14/h4-6H,3H2,1-2H3;5H,3-4H2,1-2H3. The van der Waals surface area contributed by atoms with Crippen molar-refractivity contribution in [3.8, 4) is 0 Å². The number of alkyl halides is 9.